The Balaban J connectivity index is 1.99. The number of carbonyl (C=O) groups excluding carboxylic acids is 1. The molecule has 26 heavy (non-hydrogen) atoms. The van der Waals surface area contributed by atoms with Crippen molar-refractivity contribution in [1.29, 1.82) is 0 Å². The molecule has 128 valence electrons. The lowest BCUT2D eigenvalue weighted by Crippen LogP contribution is -2.09. The Hall–Kier alpha value is -2.77. The molecule has 4 heterocycles. The number of carboxylic acids is 1. The summed E-state index contributed by atoms with van der Waals surface area (Å²) in [6.07, 6.45) is 1.50. The van der Waals surface area contributed by atoms with Crippen LogP contribution < -0.4 is 0 Å². The summed E-state index contributed by atoms with van der Waals surface area (Å²) >= 11 is 4.80. The van der Waals surface area contributed by atoms with Gasteiger partial charge in [0.2, 0.25) is 5.78 Å². The van der Waals surface area contributed by atoms with E-state index < -0.39 is 11.8 Å². The van der Waals surface area contributed by atoms with E-state index in [4.69, 9.17) is 0 Å². The lowest BCUT2D eigenvalue weighted by Gasteiger charge is -2.05. The van der Waals surface area contributed by atoms with E-state index in [2.05, 4.69) is 20.9 Å². The zero-order valence-corrected chi connectivity index (χ0v) is 15.6. The smallest absolute Gasteiger partial charge is 0.338 e. The van der Waals surface area contributed by atoms with Crippen LogP contribution in [0.25, 0.3) is 16.8 Å². The highest BCUT2D eigenvalue weighted by atomic mass is 79.9. The van der Waals surface area contributed by atoms with Gasteiger partial charge in [-0.2, -0.15) is 11.3 Å². The number of aromatic carboxylic acids is 1. The van der Waals surface area contributed by atoms with Crippen LogP contribution in [0.5, 0.6) is 0 Å². The van der Waals surface area contributed by atoms with E-state index in [-0.39, 0.29) is 16.8 Å². The van der Waals surface area contributed by atoms with Crippen LogP contribution in [0, 0.1) is 0 Å². The van der Waals surface area contributed by atoms with Gasteiger partial charge in [0.25, 0.3) is 0 Å². The van der Waals surface area contributed by atoms with Crippen molar-refractivity contribution in [3.8, 4) is 11.3 Å². The van der Waals surface area contributed by atoms with Gasteiger partial charge in [-0.25, -0.2) is 9.78 Å². The summed E-state index contributed by atoms with van der Waals surface area (Å²) in [4.78, 5) is 29.0. The van der Waals surface area contributed by atoms with Crippen LogP contribution in [0.2, 0.25) is 0 Å². The standard InChI is InChI=1S/C19H11BrN2O3S/c20-16-6-1-3-13(21-16)18(23)17-12(19(24)25)9-22-14(4-2-5-15(17)22)11-7-8-26-10-11/h1-10H,(H,24,25). The van der Waals surface area contributed by atoms with Crippen LogP contribution in [0.4, 0.5) is 0 Å². The summed E-state index contributed by atoms with van der Waals surface area (Å²) in [5.41, 5.74) is 2.62. The number of carboxylic acid groups (broad SMARTS) is 1. The van der Waals surface area contributed by atoms with Crippen LogP contribution >= 0.6 is 27.3 Å². The van der Waals surface area contributed by atoms with E-state index in [0.717, 1.165) is 11.3 Å². The molecule has 0 radical (unpaired) electrons. The van der Waals surface area contributed by atoms with Crippen LogP contribution in [0.15, 0.2) is 64.0 Å². The van der Waals surface area contributed by atoms with Gasteiger partial charge in [-0.1, -0.05) is 12.1 Å². The molecule has 0 amide bonds. The molecule has 0 aliphatic heterocycles. The minimum Gasteiger partial charge on any atom is -0.478 e. The van der Waals surface area contributed by atoms with Gasteiger partial charge in [-0.05, 0) is 51.6 Å². The molecule has 0 spiro atoms. The number of thiophene rings is 1. The average molecular weight is 427 g/mol. The molecule has 4 aromatic heterocycles. The monoisotopic (exact) mass is 426 g/mol. The van der Waals surface area contributed by atoms with Gasteiger partial charge in [0.15, 0.2) is 0 Å². The van der Waals surface area contributed by atoms with E-state index in [0.29, 0.717) is 10.1 Å². The number of aromatic nitrogens is 2. The maximum atomic E-state index is 13.0. The number of ketones is 1. The first kappa shape index (κ1) is 16.7. The van der Waals surface area contributed by atoms with Gasteiger partial charge in [-0.15, -0.1) is 0 Å². The summed E-state index contributed by atoms with van der Waals surface area (Å²) in [5, 5.41) is 13.6. The highest BCUT2D eigenvalue weighted by Crippen LogP contribution is 2.29. The minimum absolute atomic E-state index is 0.0422. The fourth-order valence-corrected chi connectivity index (χ4v) is 3.90. The normalized spacial score (nSPS) is 11.0. The molecule has 0 bridgehead atoms. The Morgan fingerprint density at radius 3 is 2.62 bits per heavy atom. The third-order valence-corrected chi connectivity index (χ3v) is 5.16. The highest BCUT2D eigenvalue weighted by Gasteiger charge is 2.25. The van der Waals surface area contributed by atoms with E-state index in [1.165, 1.54) is 6.20 Å². The lowest BCUT2D eigenvalue weighted by atomic mass is 10.0. The number of hydrogen-bond donors (Lipinski definition) is 1. The van der Waals surface area contributed by atoms with Crippen molar-refractivity contribution in [1.82, 2.24) is 9.38 Å². The van der Waals surface area contributed by atoms with Crippen LogP contribution in [-0.2, 0) is 0 Å². The predicted octanol–water partition coefficient (Wildman–Crippen LogP) is 4.75. The molecular weight excluding hydrogens is 416 g/mol. The van der Waals surface area contributed by atoms with E-state index >= 15 is 0 Å². The Morgan fingerprint density at radius 1 is 1.12 bits per heavy atom. The van der Waals surface area contributed by atoms with Crippen molar-refractivity contribution in [2.75, 3.05) is 0 Å². The summed E-state index contributed by atoms with van der Waals surface area (Å²) < 4.78 is 2.26. The largest absolute Gasteiger partial charge is 0.478 e. The van der Waals surface area contributed by atoms with Gasteiger partial charge < -0.3 is 9.51 Å². The summed E-state index contributed by atoms with van der Waals surface area (Å²) in [6.45, 7) is 0. The summed E-state index contributed by atoms with van der Waals surface area (Å²) in [6, 6.07) is 12.4. The highest BCUT2D eigenvalue weighted by molar-refractivity contribution is 9.10. The van der Waals surface area contributed by atoms with Crippen molar-refractivity contribution in [3.63, 3.8) is 0 Å². The first-order valence-corrected chi connectivity index (χ1v) is 9.37. The van der Waals surface area contributed by atoms with E-state index in [9.17, 15) is 14.7 Å². The third kappa shape index (κ3) is 2.75. The zero-order valence-electron chi connectivity index (χ0n) is 13.2. The van der Waals surface area contributed by atoms with Crippen LogP contribution in [0.1, 0.15) is 26.4 Å². The first-order chi connectivity index (χ1) is 12.6. The number of nitrogens with zero attached hydrogens (tertiary/aromatic N) is 2. The lowest BCUT2D eigenvalue weighted by molar-refractivity contribution is 0.0693. The van der Waals surface area contributed by atoms with Crippen molar-refractivity contribution in [2.24, 2.45) is 0 Å². The Labute approximate surface area is 160 Å². The molecule has 0 unspecified atom stereocenters. The maximum Gasteiger partial charge on any atom is 0.338 e. The number of fused-ring (bicyclic) bond motifs is 1. The summed E-state index contributed by atoms with van der Waals surface area (Å²) in [7, 11) is 0. The molecule has 5 nitrogen and oxygen atoms in total. The second-order valence-corrected chi connectivity index (χ2v) is 7.17. The predicted molar refractivity (Wildman–Crippen MR) is 103 cm³/mol. The third-order valence-electron chi connectivity index (χ3n) is 4.03. The van der Waals surface area contributed by atoms with Crippen LogP contribution in [0.3, 0.4) is 0 Å². The molecule has 7 heteroatoms. The summed E-state index contributed by atoms with van der Waals surface area (Å²) in [5.74, 6) is -1.57. The second-order valence-electron chi connectivity index (χ2n) is 5.58. The quantitative estimate of drug-likeness (QED) is 0.377. The van der Waals surface area contributed by atoms with Crippen molar-refractivity contribution in [3.05, 3.63) is 80.8 Å². The molecule has 0 saturated carbocycles. The molecule has 0 fully saturated rings. The van der Waals surface area contributed by atoms with E-state index in [1.54, 1.807) is 40.0 Å². The molecule has 0 saturated heterocycles. The van der Waals surface area contributed by atoms with Gasteiger partial charge in [0, 0.05) is 17.1 Å². The average Bonchev–Trinajstić information content (AvgIpc) is 3.28. The van der Waals surface area contributed by atoms with Crippen LogP contribution in [-0.4, -0.2) is 26.2 Å². The fraction of sp³-hybridized carbons (Fsp3) is 0. The van der Waals surface area contributed by atoms with Crippen molar-refractivity contribution < 1.29 is 14.7 Å². The van der Waals surface area contributed by atoms with Gasteiger partial charge in [-0.3, -0.25) is 4.79 Å². The van der Waals surface area contributed by atoms with Gasteiger partial charge in [0.05, 0.1) is 22.3 Å². The fourth-order valence-electron chi connectivity index (χ4n) is 2.90. The molecule has 0 atom stereocenters. The SMILES string of the molecule is O=C(O)c1cn2c(-c3ccsc3)cccc2c1C(=O)c1cccc(Br)n1. The maximum absolute atomic E-state index is 13.0. The second kappa shape index (κ2) is 6.51. The van der Waals surface area contributed by atoms with Gasteiger partial charge in [0.1, 0.15) is 10.3 Å². The Morgan fingerprint density at radius 2 is 1.92 bits per heavy atom. The van der Waals surface area contributed by atoms with Gasteiger partial charge >= 0.3 is 5.97 Å². The zero-order chi connectivity index (χ0) is 18.3. The molecule has 4 rings (SSSR count). The van der Waals surface area contributed by atoms with Crippen molar-refractivity contribution in [2.45, 2.75) is 0 Å². The number of halogens is 1. The minimum atomic E-state index is -1.15. The number of rotatable bonds is 4. The molecular formula is C19H11BrN2O3S. The topological polar surface area (TPSA) is 71.7 Å². The first-order valence-electron chi connectivity index (χ1n) is 7.63. The molecule has 0 aromatic carbocycles. The molecule has 4 aromatic rings. The molecule has 1 N–H and O–H groups in total. The molecule has 0 aliphatic carbocycles. The Bertz CT molecular complexity index is 1150. The number of pyridine rings is 2. The molecule has 0 aliphatic rings. The number of hydrogen-bond acceptors (Lipinski definition) is 4. The Kier molecular flexibility index (Phi) is 4.18. The van der Waals surface area contributed by atoms with Crippen molar-refractivity contribution >= 4 is 44.5 Å². The number of carbonyl (C=O) groups is 2. The van der Waals surface area contributed by atoms with E-state index in [1.807, 2.05) is 29.0 Å².